The molecule has 56 valence electrons. The molecule has 1 nitrogen and oxygen atoms in total. The molecule has 0 aromatic carbocycles. The van der Waals surface area contributed by atoms with E-state index in [1.807, 2.05) is 6.92 Å². The summed E-state index contributed by atoms with van der Waals surface area (Å²) in [6, 6.07) is 0. The molecule has 0 aliphatic heterocycles. The van der Waals surface area contributed by atoms with Gasteiger partial charge in [0.2, 0.25) is 0 Å². The fourth-order valence-corrected chi connectivity index (χ4v) is 0.803. The van der Waals surface area contributed by atoms with Crippen LogP contribution in [0.15, 0.2) is 0 Å². The van der Waals surface area contributed by atoms with E-state index in [1.54, 1.807) is 0 Å². The Balaban J connectivity index is 3.31. The normalized spacial score (nSPS) is 18.8. The molecule has 0 radical (unpaired) electrons. The average Bonchev–Trinajstić information content (AvgIpc) is 1.98. The predicted molar refractivity (Wildman–Crippen MR) is 40.4 cm³/mol. The lowest BCUT2D eigenvalue weighted by Gasteiger charge is -2.06. The van der Waals surface area contributed by atoms with Crippen molar-refractivity contribution < 1.29 is 6.48 Å². The zero-order valence-electron chi connectivity index (χ0n) is 7.43. The molecule has 0 heterocycles. The van der Waals surface area contributed by atoms with E-state index in [1.165, 1.54) is 0 Å². The summed E-state index contributed by atoms with van der Waals surface area (Å²) >= 11 is 0. The summed E-state index contributed by atoms with van der Waals surface area (Å²) in [5.74, 6) is 0. The standard InChI is InChI=1S/C8H18O/c1-3-5-7-8(9)6-4-2/h8-9H,3-7H2,1-2H3/t8-/m1/s1/i6D/t6?,8-. The van der Waals surface area contributed by atoms with Gasteiger partial charge in [0.15, 0.2) is 0 Å². The lowest BCUT2D eigenvalue weighted by molar-refractivity contribution is 0.150. The Kier molecular flexibility index (Phi) is 4.78. The van der Waals surface area contributed by atoms with Crippen molar-refractivity contribution in [1.29, 1.82) is 0 Å². The van der Waals surface area contributed by atoms with Crippen LogP contribution in [0.1, 0.15) is 47.3 Å². The average molecular weight is 131 g/mol. The smallest absolute Gasteiger partial charge is 0.0540 e. The monoisotopic (exact) mass is 131 g/mol. The van der Waals surface area contributed by atoms with Crippen molar-refractivity contribution in [1.82, 2.24) is 0 Å². The van der Waals surface area contributed by atoms with Crippen molar-refractivity contribution in [3.8, 4) is 0 Å². The predicted octanol–water partition coefficient (Wildman–Crippen LogP) is 2.34. The largest absolute Gasteiger partial charge is 0.393 e. The minimum absolute atomic E-state index is 0.272. The molecule has 0 fully saturated rings. The van der Waals surface area contributed by atoms with Gasteiger partial charge in [-0.1, -0.05) is 33.1 Å². The van der Waals surface area contributed by atoms with Crippen LogP contribution in [0.3, 0.4) is 0 Å². The zero-order valence-corrected chi connectivity index (χ0v) is 6.43. The van der Waals surface area contributed by atoms with Crippen LogP contribution in [0, 0.1) is 0 Å². The fraction of sp³-hybridized carbons (Fsp3) is 1.00. The molecular weight excluding hydrogens is 112 g/mol. The Bertz CT molecular complexity index is 75.7. The van der Waals surface area contributed by atoms with Gasteiger partial charge in [-0.3, -0.25) is 0 Å². The quantitative estimate of drug-likeness (QED) is 0.607. The van der Waals surface area contributed by atoms with Crippen LogP contribution in [0.25, 0.3) is 0 Å². The van der Waals surface area contributed by atoms with E-state index in [9.17, 15) is 5.11 Å². The summed E-state index contributed by atoms with van der Waals surface area (Å²) in [4.78, 5) is 0. The number of hydrogen-bond donors (Lipinski definition) is 1. The molecule has 0 aliphatic carbocycles. The lowest BCUT2D eigenvalue weighted by atomic mass is 10.1. The zero-order chi connectivity index (χ0) is 7.98. The van der Waals surface area contributed by atoms with Gasteiger partial charge in [-0.25, -0.2) is 0 Å². The number of unbranched alkanes of at least 4 members (excludes halogenated alkanes) is 1. The molecule has 0 aromatic heterocycles. The van der Waals surface area contributed by atoms with Crippen LogP contribution < -0.4 is 0 Å². The molecule has 1 heteroatoms. The molecule has 9 heavy (non-hydrogen) atoms. The van der Waals surface area contributed by atoms with Crippen molar-refractivity contribution in [2.75, 3.05) is 0 Å². The Labute approximate surface area is 59.5 Å². The van der Waals surface area contributed by atoms with E-state index in [-0.39, 0.29) is 6.40 Å². The van der Waals surface area contributed by atoms with Crippen LogP contribution in [-0.2, 0) is 0 Å². The Morgan fingerprint density at radius 2 is 2.11 bits per heavy atom. The third-order valence-electron chi connectivity index (χ3n) is 1.36. The van der Waals surface area contributed by atoms with Gasteiger partial charge in [-0.15, -0.1) is 0 Å². The van der Waals surface area contributed by atoms with E-state index in [0.29, 0.717) is 0 Å². The van der Waals surface area contributed by atoms with Crippen LogP contribution in [0.5, 0.6) is 0 Å². The highest BCUT2D eigenvalue weighted by Crippen LogP contribution is 2.05. The van der Waals surface area contributed by atoms with Crippen molar-refractivity contribution in [2.24, 2.45) is 0 Å². The molecule has 1 unspecified atom stereocenters. The Morgan fingerprint density at radius 1 is 1.44 bits per heavy atom. The van der Waals surface area contributed by atoms with Gasteiger partial charge in [0, 0.05) is 1.37 Å². The molecule has 1 N–H and O–H groups in total. The van der Waals surface area contributed by atoms with E-state index in [0.717, 1.165) is 25.7 Å². The first-order chi connectivity index (χ1) is 4.72. The maximum Gasteiger partial charge on any atom is 0.0540 e. The third kappa shape index (κ3) is 5.84. The summed E-state index contributed by atoms with van der Waals surface area (Å²) in [5, 5.41) is 9.26. The van der Waals surface area contributed by atoms with Gasteiger partial charge < -0.3 is 5.11 Å². The molecule has 2 atom stereocenters. The second-order valence-corrected chi connectivity index (χ2v) is 2.35. The van der Waals surface area contributed by atoms with Gasteiger partial charge in [-0.2, -0.15) is 0 Å². The SMILES string of the molecule is [2H]C(CC)[C@@H](O)CCCC. The second kappa shape index (κ2) is 6.09. The second-order valence-electron chi connectivity index (χ2n) is 2.35. The molecule has 0 saturated carbocycles. The van der Waals surface area contributed by atoms with Crippen molar-refractivity contribution in [3.63, 3.8) is 0 Å². The van der Waals surface area contributed by atoms with E-state index < -0.39 is 6.10 Å². The molecule has 0 spiro atoms. The first-order valence-corrected chi connectivity index (χ1v) is 3.82. The van der Waals surface area contributed by atoms with Crippen LogP contribution in [0.4, 0.5) is 0 Å². The molecule has 0 aliphatic rings. The van der Waals surface area contributed by atoms with Gasteiger partial charge in [0.05, 0.1) is 6.10 Å². The summed E-state index contributed by atoms with van der Waals surface area (Å²) in [5.41, 5.74) is 0. The summed E-state index contributed by atoms with van der Waals surface area (Å²) in [7, 11) is 0. The summed E-state index contributed by atoms with van der Waals surface area (Å²) in [6.45, 7) is 4.03. The summed E-state index contributed by atoms with van der Waals surface area (Å²) in [6.07, 6.45) is 3.02. The molecule has 0 aromatic rings. The van der Waals surface area contributed by atoms with E-state index >= 15 is 0 Å². The van der Waals surface area contributed by atoms with Gasteiger partial charge in [0.25, 0.3) is 0 Å². The van der Waals surface area contributed by atoms with Gasteiger partial charge >= 0.3 is 0 Å². The number of hydrogen-bond acceptors (Lipinski definition) is 1. The third-order valence-corrected chi connectivity index (χ3v) is 1.36. The first kappa shape index (κ1) is 7.07. The molecule has 0 bridgehead atoms. The molecule has 0 rings (SSSR count). The first-order valence-electron chi connectivity index (χ1n) is 4.40. The molecule has 0 saturated heterocycles. The fourth-order valence-electron chi connectivity index (χ4n) is 0.803. The minimum Gasteiger partial charge on any atom is -0.393 e. The van der Waals surface area contributed by atoms with E-state index in [4.69, 9.17) is 1.37 Å². The topological polar surface area (TPSA) is 20.2 Å². The molecule has 0 amide bonds. The minimum atomic E-state index is -0.398. The highest BCUT2D eigenvalue weighted by Gasteiger charge is 1.99. The molecular formula is C8H18O. The Morgan fingerprint density at radius 3 is 2.56 bits per heavy atom. The van der Waals surface area contributed by atoms with E-state index in [2.05, 4.69) is 6.92 Å². The van der Waals surface area contributed by atoms with Gasteiger partial charge in [-0.05, 0) is 12.8 Å². The van der Waals surface area contributed by atoms with Crippen molar-refractivity contribution in [3.05, 3.63) is 0 Å². The lowest BCUT2D eigenvalue weighted by Crippen LogP contribution is -2.04. The maximum atomic E-state index is 9.26. The van der Waals surface area contributed by atoms with Crippen LogP contribution in [-0.4, -0.2) is 11.2 Å². The van der Waals surface area contributed by atoms with Crippen molar-refractivity contribution >= 4 is 0 Å². The van der Waals surface area contributed by atoms with Gasteiger partial charge in [0.1, 0.15) is 0 Å². The number of aliphatic hydroxyl groups excluding tert-OH is 1. The highest BCUT2D eigenvalue weighted by molar-refractivity contribution is 4.52. The summed E-state index contributed by atoms with van der Waals surface area (Å²) < 4.78 is 7.36. The number of rotatable bonds is 5. The number of aliphatic hydroxyl groups is 1. The van der Waals surface area contributed by atoms with Crippen molar-refractivity contribution in [2.45, 2.75) is 52.0 Å². The van der Waals surface area contributed by atoms with Crippen LogP contribution in [0.2, 0.25) is 0 Å². The maximum absolute atomic E-state index is 9.26. The Hall–Kier alpha value is -0.0400. The highest BCUT2D eigenvalue weighted by atomic mass is 16.3. The van der Waals surface area contributed by atoms with Crippen LogP contribution >= 0.6 is 0 Å².